The van der Waals surface area contributed by atoms with E-state index in [1.54, 1.807) is 4.90 Å². The topological polar surface area (TPSA) is 73.1 Å². The van der Waals surface area contributed by atoms with Crippen LogP contribution in [-0.2, 0) is 6.54 Å². The molecule has 2 aliphatic heterocycles. The molecule has 1 aromatic heterocycles. The number of hydrogen-bond donors (Lipinski definition) is 1. The van der Waals surface area contributed by atoms with Crippen molar-refractivity contribution in [1.82, 2.24) is 19.7 Å². The third kappa shape index (κ3) is 5.56. The molecule has 2 saturated heterocycles. The van der Waals surface area contributed by atoms with E-state index in [9.17, 15) is 9.90 Å². The van der Waals surface area contributed by atoms with Gasteiger partial charge in [0, 0.05) is 45.8 Å². The Kier molecular flexibility index (Phi) is 6.94. The average Bonchev–Trinajstić information content (AvgIpc) is 3.24. The van der Waals surface area contributed by atoms with Crippen LogP contribution in [0.1, 0.15) is 34.8 Å². The fourth-order valence-electron chi connectivity index (χ4n) is 4.01. The monoisotopic (exact) mass is 410 g/mol. The summed E-state index contributed by atoms with van der Waals surface area (Å²) in [6.45, 7) is 6.49. The first-order valence-electron chi connectivity index (χ1n) is 10.8. The number of hydrogen-bond acceptors (Lipinski definition) is 6. The predicted octanol–water partition coefficient (Wildman–Crippen LogP) is 2.10. The largest absolute Gasteiger partial charge is 0.447 e. The molecule has 0 spiro atoms. The summed E-state index contributed by atoms with van der Waals surface area (Å²) in [5.41, 5.74) is 1.56. The standard InChI is InChI=1S/C23H30N4O3/c28-20-9-5-11-27(16-20)23(29)21-18-30-22(24-21)17-26-14-12-25(13-15-26)10-4-8-19-6-2-1-3-7-19/h1-4,6-8,18,20,28H,5,9-17H2. The molecule has 0 aliphatic carbocycles. The number of β-amino-alcohol motifs (C(OH)–C–C–N with tert-alkyl or cyclic N) is 1. The van der Waals surface area contributed by atoms with Crippen LogP contribution in [-0.4, -0.2) is 82.6 Å². The molecule has 7 nitrogen and oxygen atoms in total. The highest BCUT2D eigenvalue weighted by molar-refractivity contribution is 5.92. The number of carbonyl (C=O) groups excluding carboxylic acids is 1. The highest BCUT2D eigenvalue weighted by Crippen LogP contribution is 2.15. The first-order chi connectivity index (χ1) is 14.7. The fraction of sp³-hybridized carbons (Fsp3) is 0.478. The van der Waals surface area contributed by atoms with Crippen molar-refractivity contribution in [2.75, 3.05) is 45.8 Å². The number of carbonyl (C=O) groups is 1. The van der Waals surface area contributed by atoms with Crippen LogP contribution in [0.5, 0.6) is 0 Å². The van der Waals surface area contributed by atoms with Crippen molar-refractivity contribution in [2.45, 2.75) is 25.5 Å². The van der Waals surface area contributed by atoms with Crippen molar-refractivity contribution in [3.8, 4) is 0 Å². The van der Waals surface area contributed by atoms with Gasteiger partial charge in [-0.15, -0.1) is 0 Å². The molecule has 2 fully saturated rings. The Balaban J connectivity index is 1.22. The van der Waals surface area contributed by atoms with Gasteiger partial charge in [-0.2, -0.15) is 0 Å². The van der Waals surface area contributed by atoms with Crippen molar-refractivity contribution >= 4 is 12.0 Å². The van der Waals surface area contributed by atoms with Crippen LogP contribution >= 0.6 is 0 Å². The highest BCUT2D eigenvalue weighted by Gasteiger charge is 2.26. The first kappa shape index (κ1) is 20.8. The van der Waals surface area contributed by atoms with E-state index in [1.165, 1.54) is 11.8 Å². The minimum Gasteiger partial charge on any atom is -0.447 e. The maximum Gasteiger partial charge on any atom is 0.275 e. The number of benzene rings is 1. The predicted molar refractivity (Wildman–Crippen MR) is 115 cm³/mol. The lowest BCUT2D eigenvalue weighted by Gasteiger charge is -2.33. The molecule has 7 heteroatoms. The number of piperazine rings is 1. The van der Waals surface area contributed by atoms with Crippen LogP contribution < -0.4 is 0 Å². The van der Waals surface area contributed by atoms with Gasteiger partial charge in [-0.1, -0.05) is 42.5 Å². The van der Waals surface area contributed by atoms with Gasteiger partial charge in [-0.05, 0) is 18.4 Å². The van der Waals surface area contributed by atoms with Gasteiger partial charge in [0.2, 0.25) is 5.89 Å². The van der Waals surface area contributed by atoms with Crippen molar-refractivity contribution in [3.63, 3.8) is 0 Å². The van der Waals surface area contributed by atoms with E-state index in [2.05, 4.69) is 51.2 Å². The Bertz CT molecular complexity index is 843. The number of aliphatic hydroxyl groups excluding tert-OH is 1. The van der Waals surface area contributed by atoms with E-state index in [1.807, 2.05) is 6.07 Å². The zero-order valence-electron chi connectivity index (χ0n) is 17.3. The molecular weight excluding hydrogens is 380 g/mol. The second-order valence-electron chi connectivity index (χ2n) is 8.06. The third-order valence-electron chi connectivity index (χ3n) is 5.75. The summed E-state index contributed by atoms with van der Waals surface area (Å²) >= 11 is 0. The summed E-state index contributed by atoms with van der Waals surface area (Å²) in [5, 5.41) is 9.78. The van der Waals surface area contributed by atoms with Gasteiger partial charge in [0.15, 0.2) is 5.69 Å². The molecule has 1 unspecified atom stereocenters. The lowest BCUT2D eigenvalue weighted by atomic mass is 10.1. The van der Waals surface area contributed by atoms with Gasteiger partial charge >= 0.3 is 0 Å². The Labute approximate surface area is 177 Å². The van der Waals surface area contributed by atoms with Crippen LogP contribution in [0.3, 0.4) is 0 Å². The van der Waals surface area contributed by atoms with Gasteiger partial charge in [-0.3, -0.25) is 14.6 Å². The van der Waals surface area contributed by atoms with Gasteiger partial charge < -0.3 is 14.4 Å². The minimum atomic E-state index is -0.437. The molecule has 0 saturated carbocycles. The molecule has 2 aromatic rings. The van der Waals surface area contributed by atoms with Crippen LogP contribution in [0.2, 0.25) is 0 Å². The Morgan fingerprint density at radius 3 is 2.67 bits per heavy atom. The van der Waals surface area contributed by atoms with Gasteiger partial charge in [-0.25, -0.2) is 4.98 Å². The number of likely N-dealkylation sites (tertiary alicyclic amines) is 1. The summed E-state index contributed by atoms with van der Waals surface area (Å²) in [4.78, 5) is 23.4. The van der Waals surface area contributed by atoms with E-state index in [-0.39, 0.29) is 5.91 Å². The van der Waals surface area contributed by atoms with E-state index < -0.39 is 6.10 Å². The summed E-state index contributed by atoms with van der Waals surface area (Å²) in [6.07, 6.45) is 6.97. The molecular formula is C23H30N4O3. The van der Waals surface area contributed by atoms with E-state index in [0.717, 1.165) is 45.6 Å². The average molecular weight is 411 g/mol. The quantitative estimate of drug-likeness (QED) is 0.786. The SMILES string of the molecule is O=C(c1coc(CN2CCN(CC=Cc3ccccc3)CC2)n1)N1CCCC(O)C1. The number of nitrogens with zero attached hydrogens (tertiary/aromatic N) is 4. The Morgan fingerprint density at radius 1 is 1.13 bits per heavy atom. The number of oxazole rings is 1. The molecule has 1 N–H and O–H groups in total. The Morgan fingerprint density at radius 2 is 1.90 bits per heavy atom. The molecule has 1 aromatic carbocycles. The van der Waals surface area contributed by atoms with Crippen LogP contribution in [0, 0.1) is 0 Å². The molecule has 1 amide bonds. The summed E-state index contributed by atoms with van der Waals surface area (Å²) in [6, 6.07) is 10.3. The van der Waals surface area contributed by atoms with Crippen molar-refractivity contribution in [1.29, 1.82) is 0 Å². The molecule has 0 bridgehead atoms. The maximum absolute atomic E-state index is 12.6. The maximum atomic E-state index is 12.6. The van der Waals surface area contributed by atoms with E-state index in [4.69, 9.17) is 4.42 Å². The van der Waals surface area contributed by atoms with Crippen LogP contribution in [0.15, 0.2) is 47.1 Å². The van der Waals surface area contributed by atoms with Crippen molar-refractivity contribution in [3.05, 3.63) is 59.8 Å². The summed E-state index contributed by atoms with van der Waals surface area (Å²) in [7, 11) is 0. The molecule has 0 radical (unpaired) electrons. The van der Waals surface area contributed by atoms with E-state index >= 15 is 0 Å². The molecule has 30 heavy (non-hydrogen) atoms. The number of aromatic nitrogens is 1. The smallest absolute Gasteiger partial charge is 0.275 e. The number of piperidine rings is 1. The summed E-state index contributed by atoms with van der Waals surface area (Å²) < 4.78 is 5.56. The normalized spacial score (nSPS) is 21.4. The molecule has 4 rings (SSSR count). The Hall–Kier alpha value is -2.48. The molecule has 160 valence electrons. The zero-order chi connectivity index (χ0) is 20.8. The molecule has 1 atom stereocenters. The number of rotatable bonds is 6. The zero-order valence-corrected chi connectivity index (χ0v) is 17.3. The van der Waals surface area contributed by atoms with Crippen molar-refractivity contribution in [2.24, 2.45) is 0 Å². The molecule has 3 heterocycles. The minimum absolute atomic E-state index is 0.154. The fourth-order valence-corrected chi connectivity index (χ4v) is 4.01. The van der Waals surface area contributed by atoms with Gasteiger partial charge in [0.1, 0.15) is 6.26 Å². The first-order valence-corrected chi connectivity index (χ1v) is 10.8. The van der Waals surface area contributed by atoms with Crippen LogP contribution in [0.25, 0.3) is 6.08 Å². The van der Waals surface area contributed by atoms with Crippen LogP contribution in [0.4, 0.5) is 0 Å². The number of amides is 1. The molecule has 2 aliphatic rings. The van der Waals surface area contributed by atoms with Gasteiger partial charge in [0.05, 0.1) is 12.6 Å². The lowest BCUT2D eigenvalue weighted by Crippen LogP contribution is -2.45. The second kappa shape index (κ2) is 10.0. The number of aliphatic hydroxyl groups is 1. The second-order valence-corrected chi connectivity index (χ2v) is 8.06. The van der Waals surface area contributed by atoms with E-state index in [0.29, 0.717) is 31.2 Å². The highest BCUT2D eigenvalue weighted by atomic mass is 16.3. The van der Waals surface area contributed by atoms with Gasteiger partial charge in [0.25, 0.3) is 5.91 Å². The third-order valence-corrected chi connectivity index (χ3v) is 5.75. The van der Waals surface area contributed by atoms with Crippen molar-refractivity contribution < 1.29 is 14.3 Å². The lowest BCUT2D eigenvalue weighted by molar-refractivity contribution is 0.0469. The summed E-state index contributed by atoms with van der Waals surface area (Å²) in [5.74, 6) is 0.423.